The van der Waals surface area contributed by atoms with Crippen LogP contribution in [-0.4, -0.2) is 18.2 Å². The van der Waals surface area contributed by atoms with Crippen LogP contribution in [-0.2, 0) is 14.3 Å². The summed E-state index contributed by atoms with van der Waals surface area (Å²) in [5.74, 6) is 2.16. The lowest BCUT2D eigenvalue weighted by Crippen LogP contribution is -2.27. The lowest BCUT2D eigenvalue weighted by molar-refractivity contribution is -0.119. The minimum Gasteiger partial charge on any atom is -0.489 e. The Morgan fingerprint density at radius 1 is 1.21 bits per heavy atom. The Labute approximate surface area is 145 Å². The van der Waals surface area contributed by atoms with Gasteiger partial charge in [-0.1, -0.05) is 49.6 Å². The van der Waals surface area contributed by atoms with Crippen molar-refractivity contribution < 1.29 is 14.3 Å². The normalized spacial score (nSPS) is 32.7. The molecular formula is C21H26O3. The van der Waals surface area contributed by atoms with E-state index in [1.165, 1.54) is 13.0 Å². The fraction of sp³-hybridized carbons (Fsp3) is 0.429. The van der Waals surface area contributed by atoms with Crippen molar-refractivity contribution in [3.8, 4) is 12.3 Å². The molecule has 0 fully saturated rings. The second kappa shape index (κ2) is 7.49. The first-order chi connectivity index (χ1) is 11.0. The number of hydrogen-bond donors (Lipinski definition) is 0. The third kappa shape index (κ3) is 4.58. The van der Waals surface area contributed by atoms with Crippen LogP contribution in [0, 0.1) is 23.2 Å². The van der Waals surface area contributed by atoms with Crippen molar-refractivity contribution in [3.63, 3.8) is 0 Å². The van der Waals surface area contributed by atoms with Crippen LogP contribution in [0.3, 0.4) is 0 Å². The highest BCUT2D eigenvalue weighted by Crippen LogP contribution is 2.30. The average molecular weight is 326 g/mol. The topological polar surface area (TPSA) is 43.4 Å². The van der Waals surface area contributed by atoms with Gasteiger partial charge in [0.25, 0.3) is 0 Å². The number of ketones is 2. The molecule has 0 aromatic heterocycles. The van der Waals surface area contributed by atoms with Crippen LogP contribution in [0.15, 0.2) is 47.3 Å². The summed E-state index contributed by atoms with van der Waals surface area (Å²) in [4.78, 5) is 24.6. The van der Waals surface area contributed by atoms with Crippen LogP contribution in [0.1, 0.15) is 41.5 Å². The Morgan fingerprint density at radius 2 is 1.79 bits per heavy atom. The molecule has 24 heavy (non-hydrogen) atoms. The van der Waals surface area contributed by atoms with E-state index in [2.05, 4.69) is 5.92 Å². The largest absolute Gasteiger partial charge is 0.489 e. The summed E-state index contributed by atoms with van der Waals surface area (Å²) in [6.07, 6.45) is 14.5. The molecule has 1 aliphatic rings. The minimum atomic E-state index is -1.23. The molecule has 0 saturated carbocycles. The first-order valence-electron chi connectivity index (χ1n) is 7.95. The van der Waals surface area contributed by atoms with Crippen LogP contribution in [0.4, 0.5) is 0 Å². The number of Topliss-reactive ketones (excluding diaryl/α,β-unsaturated/α-hetero) is 2. The van der Waals surface area contributed by atoms with Crippen molar-refractivity contribution in [2.24, 2.45) is 10.8 Å². The molecule has 0 radical (unpaired) electrons. The lowest BCUT2D eigenvalue weighted by atomic mass is 9.82. The summed E-state index contributed by atoms with van der Waals surface area (Å²) in [7, 11) is 0. The Kier molecular flexibility index (Phi) is 6.15. The van der Waals surface area contributed by atoms with E-state index in [9.17, 15) is 9.59 Å². The highest BCUT2D eigenvalue weighted by atomic mass is 16.5. The van der Waals surface area contributed by atoms with Crippen LogP contribution in [0.5, 0.6) is 0 Å². The van der Waals surface area contributed by atoms with Crippen molar-refractivity contribution in [3.05, 3.63) is 47.3 Å². The highest BCUT2D eigenvalue weighted by Gasteiger charge is 2.32. The first-order valence-corrected chi connectivity index (χ1v) is 7.95. The molecule has 3 nitrogen and oxygen atoms in total. The van der Waals surface area contributed by atoms with Crippen molar-refractivity contribution in [1.29, 1.82) is 0 Å². The van der Waals surface area contributed by atoms with Gasteiger partial charge in [0, 0.05) is 12.3 Å². The van der Waals surface area contributed by atoms with E-state index in [1.807, 2.05) is 39.0 Å². The molecule has 3 heteroatoms. The van der Waals surface area contributed by atoms with Gasteiger partial charge in [0.05, 0.1) is 6.61 Å². The van der Waals surface area contributed by atoms with Crippen LogP contribution < -0.4 is 0 Å². The molecule has 1 rings (SSSR count). The molecule has 0 aromatic carbocycles. The van der Waals surface area contributed by atoms with Gasteiger partial charge < -0.3 is 4.74 Å². The molecule has 0 aliphatic carbocycles. The predicted octanol–water partition coefficient (Wildman–Crippen LogP) is 4.17. The standard InChI is InChI=1S/C21H26O3/c1-8-21(7)13-18(17(4)22)24-14-20(5,6)16(3)12-10-9-11-15(2)19(21)23/h1,9-13H,14H2,2-7H3/b10-9-,15-11+,16-12+,18-13-. The van der Waals surface area contributed by atoms with E-state index in [4.69, 9.17) is 11.2 Å². The molecule has 1 aliphatic heterocycles. The molecule has 0 spiro atoms. The third-order valence-electron chi connectivity index (χ3n) is 4.36. The summed E-state index contributed by atoms with van der Waals surface area (Å²) >= 11 is 0. The van der Waals surface area contributed by atoms with Crippen molar-refractivity contribution in [2.45, 2.75) is 41.5 Å². The molecule has 0 amide bonds. The zero-order valence-corrected chi connectivity index (χ0v) is 15.4. The maximum Gasteiger partial charge on any atom is 0.194 e. The smallest absolute Gasteiger partial charge is 0.194 e. The molecule has 128 valence electrons. The SMILES string of the molecule is C#CC1(C)/C=C(/C(C)=O)OCC(C)(C)/C(C)=C/C=C\C=C(/C)C1=O. The predicted molar refractivity (Wildman–Crippen MR) is 97.1 cm³/mol. The Bertz CT molecular complexity index is 693. The molecule has 0 saturated heterocycles. The maximum atomic E-state index is 12.7. The number of carbonyl (C=O) groups is 2. The average Bonchev–Trinajstić information content (AvgIpc) is 2.53. The molecular weight excluding hydrogens is 300 g/mol. The Morgan fingerprint density at radius 3 is 2.33 bits per heavy atom. The first kappa shape index (κ1) is 19.7. The van der Waals surface area contributed by atoms with Crippen molar-refractivity contribution in [1.82, 2.24) is 0 Å². The monoisotopic (exact) mass is 326 g/mol. The van der Waals surface area contributed by atoms with Crippen molar-refractivity contribution >= 4 is 11.6 Å². The van der Waals surface area contributed by atoms with Gasteiger partial charge in [-0.15, -0.1) is 6.42 Å². The van der Waals surface area contributed by atoms with Gasteiger partial charge in [-0.3, -0.25) is 9.59 Å². The lowest BCUT2D eigenvalue weighted by Gasteiger charge is -2.27. The minimum absolute atomic E-state index is 0.129. The quantitative estimate of drug-likeness (QED) is 0.679. The number of terminal acetylenes is 1. The number of allylic oxidation sites excluding steroid dienone is 7. The molecule has 1 unspecified atom stereocenters. The highest BCUT2D eigenvalue weighted by molar-refractivity contribution is 6.04. The summed E-state index contributed by atoms with van der Waals surface area (Å²) < 4.78 is 5.76. The van der Waals surface area contributed by atoms with Gasteiger partial charge in [-0.05, 0) is 32.4 Å². The number of ether oxygens (including phenoxy) is 1. The van der Waals surface area contributed by atoms with Gasteiger partial charge in [-0.25, -0.2) is 0 Å². The van der Waals surface area contributed by atoms with Gasteiger partial charge in [0.1, 0.15) is 5.41 Å². The maximum absolute atomic E-state index is 12.7. The Balaban J connectivity index is 3.50. The van der Waals surface area contributed by atoms with Gasteiger partial charge >= 0.3 is 0 Å². The zero-order chi connectivity index (χ0) is 18.5. The van der Waals surface area contributed by atoms with Crippen molar-refractivity contribution in [2.75, 3.05) is 6.61 Å². The molecule has 0 aromatic rings. The molecule has 1 heterocycles. The second-order valence-electron chi connectivity index (χ2n) is 7.00. The van der Waals surface area contributed by atoms with Gasteiger partial charge in [0.15, 0.2) is 17.3 Å². The second-order valence-corrected chi connectivity index (χ2v) is 7.00. The summed E-state index contributed by atoms with van der Waals surface area (Å²) in [5, 5.41) is 0. The van der Waals surface area contributed by atoms with Crippen LogP contribution >= 0.6 is 0 Å². The fourth-order valence-electron chi connectivity index (χ4n) is 2.16. The van der Waals surface area contributed by atoms with E-state index in [-0.39, 0.29) is 22.7 Å². The van der Waals surface area contributed by atoms with Crippen LogP contribution in [0.25, 0.3) is 0 Å². The zero-order valence-electron chi connectivity index (χ0n) is 15.4. The van der Waals surface area contributed by atoms with E-state index in [0.29, 0.717) is 12.2 Å². The van der Waals surface area contributed by atoms with E-state index < -0.39 is 5.41 Å². The molecule has 0 N–H and O–H groups in total. The van der Waals surface area contributed by atoms with Crippen LogP contribution in [0.2, 0.25) is 0 Å². The third-order valence-corrected chi connectivity index (χ3v) is 4.36. The summed E-state index contributed by atoms with van der Waals surface area (Å²) in [6, 6.07) is 0. The molecule has 1 atom stereocenters. The number of hydrogen-bond acceptors (Lipinski definition) is 3. The van der Waals surface area contributed by atoms with Gasteiger partial charge in [-0.2, -0.15) is 0 Å². The summed E-state index contributed by atoms with van der Waals surface area (Å²) in [6.45, 7) is 11.1. The summed E-state index contributed by atoms with van der Waals surface area (Å²) in [5.41, 5.74) is 0.145. The van der Waals surface area contributed by atoms with E-state index in [0.717, 1.165) is 5.57 Å². The van der Waals surface area contributed by atoms with Gasteiger partial charge in [0.2, 0.25) is 0 Å². The molecule has 0 bridgehead atoms. The van der Waals surface area contributed by atoms with E-state index >= 15 is 0 Å². The Hall–Kier alpha value is -2.34. The fourth-order valence-corrected chi connectivity index (χ4v) is 2.16. The number of rotatable bonds is 1. The van der Waals surface area contributed by atoms with E-state index in [1.54, 1.807) is 19.9 Å². The number of carbonyl (C=O) groups excluding carboxylic acids is 2.